The summed E-state index contributed by atoms with van der Waals surface area (Å²) in [5.74, 6) is 0.542. The van der Waals surface area contributed by atoms with E-state index in [-0.39, 0.29) is 5.82 Å². The van der Waals surface area contributed by atoms with Gasteiger partial charge >= 0.3 is 0 Å². The van der Waals surface area contributed by atoms with Crippen molar-refractivity contribution in [1.82, 2.24) is 10.2 Å². The molecule has 2 aromatic carbocycles. The Morgan fingerprint density at radius 1 is 1.12 bits per heavy atom. The van der Waals surface area contributed by atoms with Crippen LogP contribution in [0, 0.1) is 5.82 Å². The van der Waals surface area contributed by atoms with Gasteiger partial charge in [-0.1, -0.05) is 36.4 Å². The molecule has 0 aliphatic heterocycles. The summed E-state index contributed by atoms with van der Waals surface area (Å²) < 4.78 is 18.4. The Morgan fingerprint density at radius 2 is 1.83 bits per heavy atom. The van der Waals surface area contributed by atoms with Crippen LogP contribution in [0.1, 0.15) is 16.7 Å². The Kier molecular flexibility index (Phi) is 6.75. The highest BCUT2D eigenvalue weighted by Crippen LogP contribution is 2.08. The van der Waals surface area contributed by atoms with Crippen LogP contribution in [0.3, 0.4) is 0 Å². The van der Waals surface area contributed by atoms with E-state index in [1.165, 1.54) is 12.1 Å². The quantitative estimate of drug-likeness (QED) is 0.653. The lowest BCUT2D eigenvalue weighted by Crippen LogP contribution is -2.38. The lowest BCUT2D eigenvalue weighted by molar-refractivity contribution is 0.185. The molecule has 2 aromatic rings. The second-order valence-corrected chi connectivity index (χ2v) is 5.64. The summed E-state index contributed by atoms with van der Waals surface area (Å²) >= 11 is 0. The second-order valence-electron chi connectivity index (χ2n) is 5.64. The SMILES string of the molecule is CN=C(NCc1ccc(COC)cc1)N(C)Cc1cccc(F)c1. The molecule has 0 fully saturated rings. The van der Waals surface area contributed by atoms with E-state index in [2.05, 4.69) is 34.6 Å². The van der Waals surface area contributed by atoms with E-state index in [4.69, 9.17) is 4.74 Å². The highest BCUT2D eigenvalue weighted by atomic mass is 19.1. The molecule has 0 atom stereocenters. The van der Waals surface area contributed by atoms with Gasteiger partial charge in [0.1, 0.15) is 5.82 Å². The van der Waals surface area contributed by atoms with E-state index in [0.29, 0.717) is 19.7 Å². The van der Waals surface area contributed by atoms with Crippen molar-refractivity contribution < 1.29 is 9.13 Å². The van der Waals surface area contributed by atoms with Gasteiger partial charge in [-0.2, -0.15) is 0 Å². The average molecular weight is 329 g/mol. The van der Waals surface area contributed by atoms with Gasteiger partial charge in [0, 0.05) is 34.3 Å². The highest BCUT2D eigenvalue weighted by Gasteiger charge is 2.07. The molecule has 0 aromatic heterocycles. The van der Waals surface area contributed by atoms with Crippen molar-refractivity contribution in [2.24, 2.45) is 4.99 Å². The summed E-state index contributed by atoms with van der Waals surface area (Å²) in [6.45, 7) is 1.88. The predicted octanol–water partition coefficient (Wildman–Crippen LogP) is 3.18. The van der Waals surface area contributed by atoms with Crippen molar-refractivity contribution in [2.45, 2.75) is 19.7 Å². The number of rotatable bonds is 6. The first-order valence-corrected chi connectivity index (χ1v) is 7.85. The fourth-order valence-electron chi connectivity index (χ4n) is 2.47. The van der Waals surface area contributed by atoms with Crippen LogP contribution in [-0.2, 0) is 24.4 Å². The van der Waals surface area contributed by atoms with Gasteiger partial charge in [-0.3, -0.25) is 4.99 Å². The van der Waals surface area contributed by atoms with Crippen molar-refractivity contribution in [3.63, 3.8) is 0 Å². The molecule has 0 amide bonds. The molecule has 0 spiro atoms. The van der Waals surface area contributed by atoms with E-state index >= 15 is 0 Å². The first-order chi connectivity index (χ1) is 11.6. The number of methoxy groups -OCH3 is 1. The first-order valence-electron chi connectivity index (χ1n) is 7.85. The first kappa shape index (κ1) is 17.9. The fraction of sp³-hybridized carbons (Fsp3) is 0.316. The number of benzene rings is 2. The normalized spacial score (nSPS) is 11.4. The molecule has 0 unspecified atom stereocenters. The molecule has 4 nitrogen and oxygen atoms in total. The van der Waals surface area contributed by atoms with Gasteiger partial charge in [-0.25, -0.2) is 4.39 Å². The minimum Gasteiger partial charge on any atom is -0.380 e. The summed E-state index contributed by atoms with van der Waals surface area (Å²) in [6, 6.07) is 14.9. The number of guanidine groups is 1. The number of nitrogens with zero attached hydrogens (tertiary/aromatic N) is 2. The van der Waals surface area contributed by atoms with Gasteiger partial charge < -0.3 is 15.0 Å². The molecule has 0 aliphatic carbocycles. The zero-order valence-electron chi connectivity index (χ0n) is 14.4. The molecular weight excluding hydrogens is 305 g/mol. The number of halogens is 1. The van der Waals surface area contributed by atoms with Crippen molar-refractivity contribution in [2.75, 3.05) is 21.2 Å². The minimum atomic E-state index is -0.222. The molecule has 5 heteroatoms. The van der Waals surface area contributed by atoms with Crippen molar-refractivity contribution in [3.05, 3.63) is 71.0 Å². The maximum absolute atomic E-state index is 13.3. The van der Waals surface area contributed by atoms with Gasteiger partial charge in [0.05, 0.1) is 6.61 Å². The third-order valence-corrected chi connectivity index (χ3v) is 3.67. The van der Waals surface area contributed by atoms with Crippen LogP contribution in [0.5, 0.6) is 0 Å². The smallest absolute Gasteiger partial charge is 0.193 e. The number of aliphatic imine (C=N–C) groups is 1. The van der Waals surface area contributed by atoms with Crippen LogP contribution in [0.25, 0.3) is 0 Å². The zero-order valence-corrected chi connectivity index (χ0v) is 14.4. The lowest BCUT2D eigenvalue weighted by atomic mass is 10.1. The van der Waals surface area contributed by atoms with Gasteiger partial charge in [0.2, 0.25) is 0 Å². The summed E-state index contributed by atoms with van der Waals surface area (Å²) in [5.41, 5.74) is 3.22. The fourth-order valence-corrected chi connectivity index (χ4v) is 2.47. The predicted molar refractivity (Wildman–Crippen MR) is 95.2 cm³/mol. The van der Waals surface area contributed by atoms with Crippen LogP contribution in [0.4, 0.5) is 4.39 Å². The Morgan fingerprint density at radius 3 is 2.46 bits per heavy atom. The molecule has 0 bridgehead atoms. The summed E-state index contributed by atoms with van der Waals surface area (Å²) in [7, 11) is 5.36. The number of hydrogen-bond donors (Lipinski definition) is 1. The summed E-state index contributed by atoms with van der Waals surface area (Å²) in [5, 5.41) is 3.32. The standard InChI is InChI=1S/C19H24FN3O/c1-21-19(23(2)13-17-5-4-6-18(20)11-17)22-12-15-7-9-16(10-8-15)14-24-3/h4-11H,12-14H2,1-3H3,(H,21,22). The third-order valence-electron chi connectivity index (χ3n) is 3.67. The summed E-state index contributed by atoms with van der Waals surface area (Å²) in [6.07, 6.45) is 0. The molecule has 0 radical (unpaired) electrons. The van der Waals surface area contributed by atoms with E-state index in [1.54, 1.807) is 20.2 Å². The number of nitrogens with one attached hydrogen (secondary N) is 1. The van der Waals surface area contributed by atoms with Gasteiger partial charge in [0.15, 0.2) is 5.96 Å². The number of hydrogen-bond acceptors (Lipinski definition) is 2. The van der Waals surface area contributed by atoms with Gasteiger partial charge in [0.25, 0.3) is 0 Å². The van der Waals surface area contributed by atoms with Gasteiger partial charge in [-0.15, -0.1) is 0 Å². The maximum atomic E-state index is 13.3. The molecule has 128 valence electrons. The van der Waals surface area contributed by atoms with Crippen LogP contribution in [-0.4, -0.2) is 32.1 Å². The molecule has 0 saturated heterocycles. The lowest BCUT2D eigenvalue weighted by Gasteiger charge is -2.22. The Bertz CT molecular complexity index is 671. The Hall–Kier alpha value is -2.40. The Labute approximate surface area is 143 Å². The second kappa shape index (κ2) is 9.03. The maximum Gasteiger partial charge on any atom is 0.193 e. The molecule has 2 rings (SSSR count). The van der Waals surface area contributed by atoms with Crippen molar-refractivity contribution in [3.8, 4) is 0 Å². The zero-order chi connectivity index (χ0) is 17.4. The monoisotopic (exact) mass is 329 g/mol. The van der Waals surface area contributed by atoms with E-state index in [1.807, 2.05) is 18.0 Å². The van der Waals surface area contributed by atoms with Crippen LogP contribution in [0.15, 0.2) is 53.5 Å². The molecule has 0 saturated carbocycles. The van der Waals surface area contributed by atoms with Gasteiger partial charge in [-0.05, 0) is 28.8 Å². The molecular formula is C19H24FN3O. The molecule has 1 N–H and O–H groups in total. The van der Waals surface area contributed by atoms with E-state index < -0.39 is 0 Å². The van der Waals surface area contributed by atoms with Crippen LogP contribution in [0.2, 0.25) is 0 Å². The van der Waals surface area contributed by atoms with Crippen molar-refractivity contribution in [1.29, 1.82) is 0 Å². The largest absolute Gasteiger partial charge is 0.380 e. The minimum absolute atomic E-state index is 0.222. The van der Waals surface area contributed by atoms with Crippen molar-refractivity contribution >= 4 is 5.96 Å². The van der Waals surface area contributed by atoms with E-state index in [9.17, 15) is 4.39 Å². The molecule has 0 aliphatic rings. The number of ether oxygens (including phenoxy) is 1. The Balaban J connectivity index is 1.91. The van der Waals surface area contributed by atoms with Crippen LogP contribution >= 0.6 is 0 Å². The molecule has 24 heavy (non-hydrogen) atoms. The average Bonchev–Trinajstić information content (AvgIpc) is 2.57. The highest BCUT2D eigenvalue weighted by molar-refractivity contribution is 5.79. The van der Waals surface area contributed by atoms with Crippen LogP contribution < -0.4 is 5.32 Å². The topological polar surface area (TPSA) is 36.9 Å². The summed E-state index contributed by atoms with van der Waals surface area (Å²) in [4.78, 5) is 6.25. The molecule has 0 heterocycles. The third kappa shape index (κ3) is 5.35. The van der Waals surface area contributed by atoms with E-state index in [0.717, 1.165) is 22.6 Å².